The summed E-state index contributed by atoms with van der Waals surface area (Å²) in [5, 5.41) is 0. The smallest absolute Gasteiger partial charge is 0.219 e. The van der Waals surface area contributed by atoms with E-state index in [2.05, 4.69) is 11.0 Å². The predicted molar refractivity (Wildman–Crippen MR) is 96.1 cm³/mol. The van der Waals surface area contributed by atoms with Crippen LogP contribution in [0.2, 0.25) is 0 Å². The highest BCUT2D eigenvalue weighted by Crippen LogP contribution is 2.26. The van der Waals surface area contributed by atoms with Gasteiger partial charge in [-0.25, -0.2) is 4.39 Å². The maximum Gasteiger partial charge on any atom is 0.219 e. The molecule has 2 heterocycles. The van der Waals surface area contributed by atoms with Gasteiger partial charge in [0.05, 0.1) is 6.04 Å². The molecule has 1 atom stereocenters. The molecule has 1 saturated heterocycles. The van der Waals surface area contributed by atoms with Crippen LogP contribution < -0.4 is 4.74 Å². The average Bonchev–Trinajstić information content (AvgIpc) is 2.63. The summed E-state index contributed by atoms with van der Waals surface area (Å²) in [5.41, 5.74) is 1.38. The second kappa shape index (κ2) is 8.48. The van der Waals surface area contributed by atoms with Gasteiger partial charge in [-0.2, -0.15) is 0 Å². The summed E-state index contributed by atoms with van der Waals surface area (Å²) in [7, 11) is 0. The zero-order valence-corrected chi connectivity index (χ0v) is 14.9. The number of nitrogens with zero attached hydrogens (tertiary/aromatic N) is 2. The first kappa shape index (κ1) is 17.9. The van der Waals surface area contributed by atoms with Crippen molar-refractivity contribution in [1.29, 1.82) is 0 Å². The highest BCUT2D eigenvalue weighted by atomic mass is 19.1. The topological polar surface area (TPSA) is 32.8 Å². The van der Waals surface area contributed by atoms with Crippen LogP contribution in [0.25, 0.3) is 0 Å². The zero-order chi connectivity index (χ0) is 17.6. The summed E-state index contributed by atoms with van der Waals surface area (Å²) < 4.78 is 18.6. The lowest BCUT2D eigenvalue weighted by molar-refractivity contribution is -0.131. The Bertz CT molecular complexity index is 615. The first-order valence-electron chi connectivity index (χ1n) is 9.20. The minimum Gasteiger partial charge on any atom is -0.492 e. The van der Waals surface area contributed by atoms with E-state index in [4.69, 9.17) is 4.74 Å². The number of benzene rings is 1. The Morgan fingerprint density at radius 1 is 1.24 bits per heavy atom. The molecule has 0 N–H and O–H groups in total. The summed E-state index contributed by atoms with van der Waals surface area (Å²) >= 11 is 0. The van der Waals surface area contributed by atoms with E-state index in [1.807, 2.05) is 4.90 Å². The number of halogens is 1. The molecule has 2 aliphatic rings. The van der Waals surface area contributed by atoms with Crippen molar-refractivity contribution in [3.63, 3.8) is 0 Å². The second-order valence-electron chi connectivity index (χ2n) is 6.87. The van der Waals surface area contributed by atoms with E-state index in [-0.39, 0.29) is 17.8 Å². The van der Waals surface area contributed by atoms with Crippen molar-refractivity contribution in [3.05, 3.63) is 41.7 Å². The predicted octanol–water partition coefficient (Wildman–Crippen LogP) is 3.24. The van der Waals surface area contributed by atoms with Crippen molar-refractivity contribution in [2.45, 2.75) is 38.6 Å². The van der Waals surface area contributed by atoms with Gasteiger partial charge in [-0.1, -0.05) is 6.08 Å². The van der Waals surface area contributed by atoms with Crippen LogP contribution >= 0.6 is 0 Å². The Kier molecular flexibility index (Phi) is 6.08. The number of hydrogen-bond acceptors (Lipinski definition) is 3. The van der Waals surface area contributed by atoms with Crippen molar-refractivity contribution >= 4 is 5.91 Å². The molecule has 2 aliphatic heterocycles. The molecule has 136 valence electrons. The number of rotatable bonds is 5. The first-order chi connectivity index (χ1) is 12.1. The summed E-state index contributed by atoms with van der Waals surface area (Å²) in [5.74, 6) is 0.632. The van der Waals surface area contributed by atoms with Gasteiger partial charge < -0.3 is 9.64 Å². The van der Waals surface area contributed by atoms with Gasteiger partial charge in [0.25, 0.3) is 0 Å². The van der Waals surface area contributed by atoms with E-state index in [1.54, 1.807) is 19.1 Å². The van der Waals surface area contributed by atoms with Gasteiger partial charge in [0.15, 0.2) is 0 Å². The molecular weight excluding hydrogens is 319 g/mol. The lowest BCUT2D eigenvalue weighted by atomic mass is 9.92. The Morgan fingerprint density at radius 2 is 2.04 bits per heavy atom. The van der Waals surface area contributed by atoms with Crippen molar-refractivity contribution in [2.75, 3.05) is 32.8 Å². The molecule has 0 radical (unpaired) electrons. The Hall–Kier alpha value is -1.88. The van der Waals surface area contributed by atoms with Crippen LogP contribution in [0.1, 0.15) is 32.6 Å². The van der Waals surface area contributed by atoms with E-state index in [9.17, 15) is 9.18 Å². The first-order valence-corrected chi connectivity index (χ1v) is 9.20. The largest absolute Gasteiger partial charge is 0.492 e. The number of hydrogen-bond donors (Lipinski definition) is 0. The quantitative estimate of drug-likeness (QED) is 0.768. The SMILES string of the molecule is CC(=O)N1CCCC[C@H]1C1=CCCN(CCOc2ccc(F)cc2)C1. The molecule has 5 heteroatoms. The van der Waals surface area contributed by atoms with Gasteiger partial charge in [-0.15, -0.1) is 0 Å². The Balaban J connectivity index is 1.51. The molecule has 25 heavy (non-hydrogen) atoms. The van der Waals surface area contributed by atoms with Gasteiger partial charge in [0.2, 0.25) is 5.91 Å². The third-order valence-electron chi connectivity index (χ3n) is 5.08. The minimum atomic E-state index is -0.249. The van der Waals surface area contributed by atoms with Crippen molar-refractivity contribution in [3.8, 4) is 5.75 Å². The molecule has 0 aromatic heterocycles. The van der Waals surface area contributed by atoms with Crippen LogP contribution in [0.3, 0.4) is 0 Å². The van der Waals surface area contributed by atoms with Crippen LogP contribution in [-0.4, -0.2) is 54.5 Å². The van der Waals surface area contributed by atoms with Crippen LogP contribution in [-0.2, 0) is 4.79 Å². The van der Waals surface area contributed by atoms with Gasteiger partial charge in [-0.3, -0.25) is 9.69 Å². The number of carbonyl (C=O) groups excluding carboxylic acids is 1. The maximum absolute atomic E-state index is 12.9. The molecule has 1 aromatic rings. The van der Waals surface area contributed by atoms with E-state index in [0.29, 0.717) is 12.4 Å². The number of amides is 1. The normalized spacial score (nSPS) is 21.8. The molecule has 1 fully saturated rings. The average molecular weight is 346 g/mol. The summed E-state index contributed by atoms with van der Waals surface area (Å²) in [6, 6.07) is 6.41. The second-order valence-corrected chi connectivity index (χ2v) is 6.87. The molecule has 1 amide bonds. The van der Waals surface area contributed by atoms with Crippen LogP contribution in [0.4, 0.5) is 4.39 Å². The van der Waals surface area contributed by atoms with Crippen LogP contribution in [0.15, 0.2) is 35.9 Å². The number of carbonyl (C=O) groups is 1. The molecule has 0 spiro atoms. The molecule has 1 aromatic carbocycles. The molecule has 0 bridgehead atoms. The van der Waals surface area contributed by atoms with Gasteiger partial charge in [0, 0.05) is 33.1 Å². The van der Waals surface area contributed by atoms with E-state index in [0.717, 1.165) is 45.4 Å². The third kappa shape index (κ3) is 4.82. The minimum absolute atomic E-state index is 0.183. The van der Waals surface area contributed by atoms with E-state index >= 15 is 0 Å². The van der Waals surface area contributed by atoms with Crippen molar-refractivity contribution in [2.24, 2.45) is 0 Å². The molecular formula is C20H27FN2O2. The Morgan fingerprint density at radius 3 is 2.80 bits per heavy atom. The lowest BCUT2D eigenvalue weighted by Gasteiger charge is -2.39. The Labute approximate surface area is 149 Å². The number of likely N-dealkylation sites (tertiary alicyclic amines) is 1. The number of ether oxygens (including phenoxy) is 1. The fourth-order valence-corrected chi connectivity index (χ4v) is 3.78. The fraction of sp³-hybridized carbons (Fsp3) is 0.550. The standard InChI is InChI=1S/C20H27FN2O2/c1-16(24)23-12-3-2-6-20(23)17-5-4-11-22(15-17)13-14-25-19-9-7-18(21)8-10-19/h5,7-10,20H,2-4,6,11-15H2,1H3/t20-/m0/s1. The van der Waals surface area contributed by atoms with Crippen LogP contribution in [0, 0.1) is 5.82 Å². The van der Waals surface area contributed by atoms with E-state index < -0.39 is 0 Å². The van der Waals surface area contributed by atoms with E-state index in [1.165, 1.54) is 24.1 Å². The van der Waals surface area contributed by atoms with Gasteiger partial charge in [-0.05, 0) is 55.5 Å². The van der Waals surface area contributed by atoms with Crippen molar-refractivity contribution in [1.82, 2.24) is 9.80 Å². The van der Waals surface area contributed by atoms with Gasteiger partial charge >= 0.3 is 0 Å². The maximum atomic E-state index is 12.9. The monoisotopic (exact) mass is 346 g/mol. The zero-order valence-electron chi connectivity index (χ0n) is 14.9. The highest BCUT2D eigenvalue weighted by Gasteiger charge is 2.29. The summed E-state index contributed by atoms with van der Waals surface area (Å²) in [4.78, 5) is 16.3. The highest BCUT2D eigenvalue weighted by molar-refractivity contribution is 5.74. The van der Waals surface area contributed by atoms with Crippen LogP contribution in [0.5, 0.6) is 5.75 Å². The molecule has 0 aliphatic carbocycles. The molecule has 0 saturated carbocycles. The third-order valence-corrected chi connectivity index (χ3v) is 5.08. The summed E-state index contributed by atoms with van der Waals surface area (Å²) in [6.07, 6.45) is 6.72. The van der Waals surface area contributed by atoms with Gasteiger partial charge in [0.1, 0.15) is 18.2 Å². The molecule has 0 unspecified atom stereocenters. The van der Waals surface area contributed by atoms with Crippen molar-refractivity contribution < 1.29 is 13.9 Å². The fourth-order valence-electron chi connectivity index (χ4n) is 3.78. The summed E-state index contributed by atoms with van der Waals surface area (Å²) in [6.45, 7) is 5.90. The number of piperidine rings is 1. The lowest BCUT2D eigenvalue weighted by Crippen LogP contribution is -2.47. The molecule has 4 nitrogen and oxygen atoms in total. The molecule has 3 rings (SSSR count).